The summed E-state index contributed by atoms with van der Waals surface area (Å²) in [6.07, 6.45) is 0.482. The summed E-state index contributed by atoms with van der Waals surface area (Å²) in [5.41, 5.74) is 4.28. The molecule has 2 aromatic rings. The lowest BCUT2D eigenvalue weighted by Gasteiger charge is -2.29. The maximum absolute atomic E-state index is 12.4. The number of rotatable bonds is 6. The van der Waals surface area contributed by atoms with Gasteiger partial charge in [0.25, 0.3) is 0 Å². The normalized spacial score (nSPS) is 13.8. The first-order chi connectivity index (χ1) is 13.5. The molecule has 7 heteroatoms. The maximum atomic E-state index is 12.4. The summed E-state index contributed by atoms with van der Waals surface area (Å²) >= 11 is 0. The minimum Gasteiger partial charge on any atom is -0.481 e. The van der Waals surface area contributed by atoms with Crippen molar-refractivity contribution in [3.63, 3.8) is 0 Å². The number of ether oxygens (including phenoxy) is 1. The monoisotopic (exact) mass is 383 g/mol. The number of hydrogen-bond acceptors (Lipinski definition) is 4. The van der Waals surface area contributed by atoms with E-state index in [1.165, 1.54) is 0 Å². The third-order valence-corrected chi connectivity index (χ3v) is 4.66. The zero-order valence-corrected chi connectivity index (χ0v) is 15.9. The number of nitrogens with one attached hydrogen (secondary N) is 2. The van der Waals surface area contributed by atoms with Gasteiger partial charge in [-0.15, -0.1) is 0 Å². The van der Waals surface area contributed by atoms with Crippen molar-refractivity contribution in [2.45, 2.75) is 19.8 Å². The third-order valence-electron chi connectivity index (χ3n) is 4.66. The molecular formula is C21H25N3O4. The van der Waals surface area contributed by atoms with Crippen LogP contribution in [0.25, 0.3) is 0 Å². The quantitative estimate of drug-likeness (QED) is 0.710. The van der Waals surface area contributed by atoms with Crippen molar-refractivity contribution in [1.82, 2.24) is 0 Å². The first-order valence-corrected chi connectivity index (χ1v) is 9.33. The number of aliphatic carboxylic acids is 1. The van der Waals surface area contributed by atoms with Gasteiger partial charge in [-0.1, -0.05) is 18.2 Å². The number of carboxylic acids is 1. The highest BCUT2D eigenvalue weighted by molar-refractivity contribution is 6.00. The summed E-state index contributed by atoms with van der Waals surface area (Å²) < 4.78 is 5.39. The average molecular weight is 383 g/mol. The molecule has 1 saturated heterocycles. The van der Waals surface area contributed by atoms with E-state index in [9.17, 15) is 9.59 Å². The summed E-state index contributed by atoms with van der Waals surface area (Å²) in [5.74, 6) is -0.841. The van der Waals surface area contributed by atoms with Gasteiger partial charge >= 0.3 is 12.0 Å². The molecule has 1 aliphatic rings. The van der Waals surface area contributed by atoms with Crippen LogP contribution >= 0.6 is 0 Å². The van der Waals surface area contributed by atoms with E-state index in [1.54, 1.807) is 18.2 Å². The number of urea groups is 1. The molecule has 1 fully saturated rings. The number of aryl methyl sites for hydroxylation is 2. The molecule has 0 radical (unpaired) electrons. The lowest BCUT2D eigenvalue weighted by molar-refractivity contribution is -0.136. The molecule has 2 aromatic carbocycles. The van der Waals surface area contributed by atoms with Crippen LogP contribution in [0.15, 0.2) is 42.5 Å². The predicted molar refractivity (Wildman–Crippen MR) is 109 cm³/mol. The van der Waals surface area contributed by atoms with E-state index in [2.05, 4.69) is 21.6 Å². The second-order valence-corrected chi connectivity index (χ2v) is 6.77. The molecule has 0 bridgehead atoms. The summed E-state index contributed by atoms with van der Waals surface area (Å²) in [7, 11) is 0. The minimum absolute atomic E-state index is 0.0587. The molecule has 0 saturated carbocycles. The van der Waals surface area contributed by atoms with E-state index >= 15 is 0 Å². The summed E-state index contributed by atoms with van der Waals surface area (Å²) in [6, 6.07) is 12.9. The minimum atomic E-state index is -0.841. The van der Waals surface area contributed by atoms with Gasteiger partial charge in [0.2, 0.25) is 0 Å². The lowest BCUT2D eigenvalue weighted by atomic mass is 10.1. The van der Waals surface area contributed by atoms with Gasteiger partial charge in [-0.2, -0.15) is 0 Å². The first-order valence-electron chi connectivity index (χ1n) is 9.33. The third kappa shape index (κ3) is 5.47. The Balaban J connectivity index is 1.64. The second kappa shape index (κ2) is 9.23. The zero-order chi connectivity index (χ0) is 19.9. The van der Waals surface area contributed by atoms with Crippen molar-refractivity contribution >= 4 is 29.1 Å². The van der Waals surface area contributed by atoms with Crippen molar-refractivity contribution in [2.24, 2.45) is 0 Å². The Bertz CT molecular complexity index is 847. The average Bonchev–Trinajstić information content (AvgIpc) is 2.69. The summed E-state index contributed by atoms with van der Waals surface area (Å²) in [5, 5.41) is 14.5. The van der Waals surface area contributed by atoms with Crippen LogP contribution in [0.5, 0.6) is 0 Å². The van der Waals surface area contributed by atoms with Gasteiger partial charge in [0, 0.05) is 36.6 Å². The molecule has 0 aromatic heterocycles. The van der Waals surface area contributed by atoms with E-state index in [0.717, 1.165) is 35.6 Å². The van der Waals surface area contributed by atoms with Crippen LogP contribution in [0.4, 0.5) is 21.9 Å². The molecule has 2 amide bonds. The van der Waals surface area contributed by atoms with E-state index in [4.69, 9.17) is 9.84 Å². The number of carboxylic acid groups (broad SMARTS) is 1. The Morgan fingerprint density at radius 1 is 1.11 bits per heavy atom. The van der Waals surface area contributed by atoms with E-state index < -0.39 is 5.97 Å². The number of anilines is 3. The summed E-state index contributed by atoms with van der Waals surface area (Å²) in [6.45, 7) is 5.02. The molecule has 0 spiro atoms. The highest BCUT2D eigenvalue weighted by atomic mass is 16.5. The fourth-order valence-corrected chi connectivity index (χ4v) is 3.10. The molecule has 3 N–H and O–H groups in total. The van der Waals surface area contributed by atoms with Crippen molar-refractivity contribution in [3.05, 3.63) is 53.6 Å². The Morgan fingerprint density at radius 3 is 2.64 bits per heavy atom. The molecule has 3 rings (SSSR count). The standard InChI is InChI=1S/C21H25N3O4/c1-15-5-7-18(24-9-11-28-12-10-24)14-19(15)23-21(27)22-17-4-2-3-16(13-17)6-8-20(25)26/h2-5,7,13-14H,6,8-12H2,1H3,(H,25,26)(H2,22,23,27). The van der Waals surface area contributed by atoms with Gasteiger partial charge in [-0.25, -0.2) is 4.79 Å². The lowest BCUT2D eigenvalue weighted by Crippen LogP contribution is -2.36. The molecule has 0 aliphatic carbocycles. The number of morpholine rings is 1. The van der Waals surface area contributed by atoms with Gasteiger partial charge < -0.3 is 25.4 Å². The first kappa shape index (κ1) is 19.7. The van der Waals surface area contributed by atoms with Crippen LogP contribution in [0.1, 0.15) is 17.5 Å². The van der Waals surface area contributed by atoms with Crippen LogP contribution in [0.3, 0.4) is 0 Å². The largest absolute Gasteiger partial charge is 0.481 e. The van der Waals surface area contributed by atoms with E-state index in [1.807, 2.05) is 25.1 Å². The Hall–Kier alpha value is -3.06. The van der Waals surface area contributed by atoms with Crippen molar-refractivity contribution in [1.29, 1.82) is 0 Å². The SMILES string of the molecule is Cc1ccc(N2CCOCC2)cc1NC(=O)Nc1cccc(CCC(=O)O)c1. The number of carbonyl (C=O) groups is 2. The molecular weight excluding hydrogens is 358 g/mol. The maximum Gasteiger partial charge on any atom is 0.323 e. The molecule has 0 unspecified atom stereocenters. The molecule has 7 nitrogen and oxygen atoms in total. The van der Waals surface area contributed by atoms with Gasteiger partial charge in [-0.3, -0.25) is 4.79 Å². The Morgan fingerprint density at radius 2 is 1.89 bits per heavy atom. The van der Waals surface area contributed by atoms with Crippen molar-refractivity contribution in [3.8, 4) is 0 Å². The zero-order valence-electron chi connectivity index (χ0n) is 15.9. The van der Waals surface area contributed by atoms with E-state index in [0.29, 0.717) is 25.3 Å². The second-order valence-electron chi connectivity index (χ2n) is 6.77. The smallest absolute Gasteiger partial charge is 0.323 e. The van der Waals surface area contributed by atoms with Crippen LogP contribution in [-0.4, -0.2) is 43.4 Å². The van der Waals surface area contributed by atoms with Crippen LogP contribution < -0.4 is 15.5 Å². The van der Waals surface area contributed by atoms with Crippen molar-refractivity contribution in [2.75, 3.05) is 41.8 Å². The van der Waals surface area contributed by atoms with Gasteiger partial charge in [0.05, 0.1) is 13.2 Å². The highest BCUT2D eigenvalue weighted by Crippen LogP contribution is 2.24. The van der Waals surface area contributed by atoms with Crippen LogP contribution in [-0.2, 0) is 16.0 Å². The Labute approximate surface area is 164 Å². The number of nitrogens with zero attached hydrogens (tertiary/aromatic N) is 1. The molecule has 0 atom stereocenters. The number of hydrogen-bond donors (Lipinski definition) is 3. The number of benzene rings is 2. The molecule has 1 aliphatic heterocycles. The van der Waals surface area contributed by atoms with Crippen LogP contribution in [0, 0.1) is 6.92 Å². The number of carbonyl (C=O) groups excluding carboxylic acids is 1. The van der Waals surface area contributed by atoms with Gasteiger partial charge in [-0.05, 0) is 48.7 Å². The van der Waals surface area contributed by atoms with Gasteiger partial charge in [0.15, 0.2) is 0 Å². The topological polar surface area (TPSA) is 90.9 Å². The fraction of sp³-hybridized carbons (Fsp3) is 0.333. The van der Waals surface area contributed by atoms with E-state index in [-0.39, 0.29) is 12.5 Å². The molecule has 1 heterocycles. The van der Waals surface area contributed by atoms with Crippen molar-refractivity contribution < 1.29 is 19.4 Å². The van der Waals surface area contributed by atoms with Crippen LogP contribution in [0.2, 0.25) is 0 Å². The predicted octanol–water partition coefficient (Wildman–Crippen LogP) is 3.49. The van der Waals surface area contributed by atoms with Gasteiger partial charge in [0.1, 0.15) is 0 Å². The Kier molecular flexibility index (Phi) is 6.49. The number of amides is 2. The fourth-order valence-electron chi connectivity index (χ4n) is 3.10. The molecule has 148 valence electrons. The summed E-state index contributed by atoms with van der Waals surface area (Å²) in [4.78, 5) is 25.4. The molecule has 28 heavy (non-hydrogen) atoms. The highest BCUT2D eigenvalue weighted by Gasteiger charge is 2.13.